The minimum Gasteiger partial charge on any atom is -1.00 e. The van der Waals surface area contributed by atoms with Crippen molar-refractivity contribution in [1.82, 2.24) is 0 Å². The number of benzene rings is 2. The molecule has 0 N–H and O–H groups in total. The summed E-state index contributed by atoms with van der Waals surface area (Å²) < 4.78 is 0. The molecule has 0 heterocycles. The molecule has 6 atom stereocenters. The number of rotatable bonds is 2. The Morgan fingerprint density at radius 2 is 1.02 bits per heavy atom. The molecular formula is C36H42Cl4HfSi-2. The number of fused-ring (bicyclic) bond motifs is 2. The normalized spacial score (nSPS) is 26.7. The summed E-state index contributed by atoms with van der Waals surface area (Å²) in [6.45, 7) is 9.28. The van der Waals surface area contributed by atoms with E-state index in [1.807, 2.05) is 24.3 Å². The van der Waals surface area contributed by atoms with Gasteiger partial charge >= 0.3 is 41.6 Å². The quantitative estimate of drug-likeness (QED) is 0.292. The Labute approximate surface area is 292 Å². The van der Waals surface area contributed by atoms with Gasteiger partial charge < -0.3 is 24.8 Å². The zero-order chi connectivity index (χ0) is 28.6. The van der Waals surface area contributed by atoms with E-state index in [1.54, 1.807) is 0 Å². The summed E-state index contributed by atoms with van der Waals surface area (Å²) in [5.74, 6) is 3.72. The standard InChI is InChI=1S/2C17H18Cl.C2H6Si.2ClH.Hf/c2*1-12-10-13-6-2-3-7-14(16(13)11-12)15-8-4-5-9-17(15)18;1-3-2;;;/h2*2-6,8-10,12,14,16H,7,11H2,1H3;1-2H3;2*1H;/q2*-1;;;;+2/p-2. The zero-order valence-electron chi connectivity index (χ0n) is 25.0. The van der Waals surface area contributed by atoms with E-state index in [9.17, 15) is 0 Å². The van der Waals surface area contributed by atoms with Crippen LogP contribution in [0.3, 0.4) is 0 Å². The molecule has 224 valence electrons. The molecule has 2 aromatic carbocycles. The molecule has 0 amide bonds. The van der Waals surface area contributed by atoms with Gasteiger partial charge in [0.15, 0.2) is 0 Å². The molecule has 0 bridgehead atoms. The van der Waals surface area contributed by atoms with Crippen LogP contribution in [0.15, 0.2) is 96.1 Å². The number of halogens is 4. The summed E-state index contributed by atoms with van der Waals surface area (Å²) in [6.07, 6.45) is 23.1. The van der Waals surface area contributed by atoms with Gasteiger partial charge in [-0.05, 0) is 59.8 Å². The molecule has 6 heteroatoms. The van der Waals surface area contributed by atoms with E-state index in [4.69, 9.17) is 23.2 Å². The fourth-order valence-electron chi connectivity index (χ4n) is 6.64. The van der Waals surface area contributed by atoms with Crippen molar-refractivity contribution < 1.29 is 47.8 Å². The van der Waals surface area contributed by atoms with Crippen LogP contribution in [0.2, 0.25) is 23.1 Å². The van der Waals surface area contributed by atoms with E-state index in [0.717, 1.165) is 22.9 Å². The maximum atomic E-state index is 6.38. The van der Waals surface area contributed by atoms with E-state index >= 15 is 0 Å². The SMILES string of the molecule is CC1[CH-]C2=CC=CCC(c3ccccc3Cl)C2C1.CC1[CH-]C2=CC=CCC(c3ccccc3Cl)C2C1.C[Si](C)=[Hf+2].[Cl-].[Cl-]. The van der Waals surface area contributed by atoms with Gasteiger partial charge in [0, 0.05) is 10.0 Å². The van der Waals surface area contributed by atoms with Gasteiger partial charge in [-0.1, -0.05) is 98.1 Å². The maximum absolute atomic E-state index is 6.38. The van der Waals surface area contributed by atoms with Gasteiger partial charge in [0.1, 0.15) is 0 Å². The summed E-state index contributed by atoms with van der Waals surface area (Å²) >= 11 is 14.2. The molecule has 0 nitrogen and oxygen atoms in total. The largest absolute Gasteiger partial charge is 1.00 e. The van der Waals surface area contributed by atoms with Crippen molar-refractivity contribution in [1.29, 1.82) is 0 Å². The van der Waals surface area contributed by atoms with E-state index in [1.165, 1.54) is 58.1 Å². The molecule has 0 spiro atoms. The summed E-state index contributed by atoms with van der Waals surface area (Å²) in [5.41, 5.74) is 5.88. The third-order valence-electron chi connectivity index (χ3n) is 8.27. The van der Waals surface area contributed by atoms with Gasteiger partial charge in [0.2, 0.25) is 0 Å². The Morgan fingerprint density at radius 1 is 0.667 bits per heavy atom. The van der Waals surface area contributed by atoms with E-state index in [-0.39, 0.29) is 30.3 Å². The molecule has 6 unspecified atom stereocenters. The van der Waals surface area contributed by atoms with Crippen LogP contribution in [-0.4, -0.2) is 5.49 Å². The van der Waals surface area contributed by atoms with Crippen molar-refractivity contribution in [2.45, 2.75) is 64.5 Å². The van der Waals surface area contributed by atoms with Crippen molar-refractivity contribution in [2.75, 3.05) is 0 Å². The fourth-order valence-corrected chi connectivity index (χ4v) is 7.19. The summed E-state index contributed by atoms with van der Waals surface area (Å²) in [7, 11) is 0. The smallest absolute Gasteiger partial charge is 1.00 e. The van der Waals surface area contributed by atoms with Crippen molar-refractivity contribution in [3.8, 4) is 0 Å². The van der Waals surface area contributed by atoms with Crippen molar-refractivity contribution >= 4 is 28.7 Å². The van der Waals surface area contributed by atoms with E-state index in [0.29, 0.717) is 35.5 Å². The van der Waals surface area contributed by atoms with Crippen LogP contribution >= 0.6 is 23.2 Å². The second kappa shape index (κ2) is 18.4. The van der Waals surface area contributed by atoms with Crippen molar-refractivity contribution in [3.63, 3.8) is 0 Å². The van der Waals surface area contributed by atoms with Crippen LogP contribution in [0.4, 0.5) is 0 Å². The number of hydrogen-bond donors (Lipinski definition) is 0. The number of hydrogen-bond acceptors (Lipinski definition) is 0. The summed E-state index contributed by atoms with van der Waals surface area (Å²) in [5, 5.41) is 1.83. The molecule has 4 aliphatic carbocycles. The van der Waals surface area contributed by atoms with Gasteiger partial charge in [-0.3, -0.25) is 0 Å². The monoisotopic (exact) mass is 822 g/mol. The zero-order valence-corrected chi connectivity index (χ0v) is 32.7. The molecule has 2 fully saturated rings. The predicted molar refractivity (Wildman–Crippen MR) is 173 cm³/mol. The van der Waals surface area contributed by atoms with Gasteiger partial charge in [-0.15, -0.1) is 24.3 Å². The third kappa shape index (κ3) is 10.2. The van der Waals surface area contributed by atoms with Crippen molar-refractivity contribution in [3.05, 3.63) is 130 Å². The molecule has 0 aromatic heterocycles. The Balaban J connectivity index is 0.000000250. The van der Waals surface area contributed by atoms with Gasteiger partial charge in [-0.2, -0.15) is 0 Å². The summed E-state index contributed by atoms with van der Waals surface area (Å²) in [6, 6.07) is 16.6. The molecule has 0 saturated heterocycles. The maximum Gasteiger partial charge on any atom is -1.00 e. The van der Waals surface area contributed by atoms with E-state index < -0.39 is 0 Å². The average Bonchev–Trinajstić information content (AvgIpc) is 3.33. The third-order valence-corrected chi connectivity index (χ3v) is 8.96. The van der Waals surface area contributed by atoms with Gasteiger partial charge in [0.25, 0.3) is 0 Å². The van der Waals surface area contributed by atoms with Crippen molar-refractivity contribution in [2.24, 2.45) is 23.7 Å². The molecule has 42 heavy (non-hydrogen) atoms. The first kappa shape index (κ1) is 37.6. The Hall–Kier alpha value is -0.613. The van der Waals surface area contributed by atoms with Gasteiger partial charge in [0.05, 0.1) is 0 Å². The summed E-state index contributed by atoms with van der Waals surface area (Å²) in [4.78, 5) is 0. The number of allylic oxidation sites excluding steroid dienone is 8. The fraction of sp³-hybridized carbons (Fsp3) is 0.389. The minimum absolute atomic E-state index is 0. The van der Waals surface area contributed by atoms with Gasteiger partial charge in [-0.25, -0.2) is 36.1 Å². The first-order valence-corrected chi connectivity index (χ1v) is 23.3. The topological polar surface area (TPSA) is 0 Å². The van der Waals surface area contributed by atoms with Crippen LogP contribution in [0.25, 0.3) is 0 Å². The minimum atomic E-state index is 0. The molecule has 4 aliphatic rings. The van der Waals surface area contributed by atoms with Crippen LogP contribution < -0.4 is 24.8 Å². The molecular weight excluding hydrogens is 781 g/mol. The Kier molecular flexibility index (Phi) is 16.4. The van der Waals surface area contributed by atoms with Crippen LogP contribution in [-0.2, 0) is 23.0 Å². The Bertz CT molecular complexity index is 1200. The van der Waals surface area contributed by atoms with E-state index in [2.05, 4.69) is 101 Å². The average molecular weight is 823 g/mol. The molecule has 0 aliphatic heterocycles. The Morgan fingerprint density at radius 3 is 1.38 bits per heavy atom. The molecule has 2 saturated carbocycles. The second-order valence-electron chi connectivity index (χ2n) is 11.9. The van der Waals surface area contributed by atoms with Crippen LogP contribution in [0.1, 0.15) is 62.5 Å². The molecule has 6 rings (SSSR count). The van der Waals surface area contributed by atoms with Crippen LogP contribution in [0.5, 0.6) is 0 Å². The van der Waals surface area contributed by atoms with Crippen LogP contribution in [0, 0.1) is 36.5 Å². The molecule has 0 radical (unpaired) electrons. The second-order valence-corrected chi connectivity index (χ2v) is 25.5. The first-order valence-electron chi connectivity index (χ1n) is 14.7. The first-order chi connectivity index (χ1) is 19.2. The predicted octanol–water partition coefficient (Wildman–Crippen LogP) is 5.13. The molecule has 2 aromatic rings.